The molecule has 3 heteroatoms. The van der Waals surface area contributed by atoms with E-state index in [4.69, 9.17) is 0 Å². The number of carbonyl (C=O) groups excluding carboxylic acids is 1. The number of aromatic nitrogens is 2. The molecule has 0 aliphatic carbocycles. The van der Waals surface area contributed by atoms with E-state index < -0.39 is 0 Å². The number of aldehydes is 1. The van der Waals surface area contributed by atoms with E-state index in [1.54, 1.807) is 10.9 Å². The summed E-state index contributed by atoms with van der Waals surface area (Å²) in [4.78, 5) is 10.8. The lowest BCUT2D eigenvalue weighted by Crippen LogP contribution is -2.03. The molecule has 1 heterocycles. The average Bonchev–Trinajstić information content (AvgIpc) is 2.81. The molecule has 3 nitrogen and oxygen atoms in total. The van der Waals surface area contributed by atoms with Crippen molar-refractivity contribution in [1.29, 1.82) is 0 Å². The van der Waals surface area contributed by atoms with Crippen molar-refractivity contribution < 1.29 is 4.79 Å². The largest absolute Gasteiger partial charge is 0.303 e. The first kappa shape index (κ1) is 9.65. The summed E-state index contributed by atoms with van der Waals surface area (Å²) in [6.45, 7) is 1.88. The monoisotopic (exact) mass is 200 g/mol. The zero-order valence-corrected chi connectivity index (χ0v) is 8.50. The maximum absolute atomic E-state index is 10.8. The molecule has 1 aromatic heterocycles. The highest BCUT2D eigenvalue weighted by atomic mass is 16.1. The third-order valence-electron chi connectivity index (χ3n) is 2.38. The lowest BCUT2D eigenvalue weighted by molar-refractivity contribution is -0.108. The van der Waals surface area contributed by atoms with Crippen LogP contribution < -0.4 is 0 Å². The summed E-state index contributed by atoms with van der Waals surface area (Å²) in [5.74, 6) is -0.106. The van der Waals surface area contributed by atoms with Crippen LogP contribution in [0.5, 0.6) is 0 Å². The zero-order chi connectivity index (χ0) is 10.7. The molecular weight excluding hydrogens is 188 g/mol. The normalized spacial score (nSPS) is 12.3. The van der Waals surface area contributed by atoms with Gasteiger partial charge in [0.15, 0.2) is 0 Å². The Morgan fingerprint density at radius 3 is 2.80 bits per heavy atom. The highest BCUT2D eigenvalue weighted by Gasteiger charge is 2.10. The third-order valence-corrected chi connectivity index (χ3v) is 2.38. The Bertz CT molecular complexity index is 448. The summed E-state index contributed by atoms with van der Waals surface area (Å²) in [5, 5.41) is 4.16. The van der Waals surface area contributed by atoms with E-state index in [-0.39, 0.29) is 5.92 Å². The summed E-state index contributed by atoms with van der Waals surface area (Å²) in [6.07, 6.45) is 4.54. The molecule has 0 saturated heterocycles. The molecule has 0 spiro atoms. The Kier molecular flexibility index (Phi) is 2.63. The number of hydrogen-bond acceptors (Lipinski definition) is 2. The van der Waals surface area contributed by atoms with Crippen LogP contribution in [-0.4, -0.2) is 16.1 Å². The summed E-state index contributed by atoms with van der Waals surface area (Å²) >= 11 is 0. The maximum atomic E-state index is 10.8. The van der Waals surface area contributed by atoms with Gasteiger partial charge < -0.3 is 4.79 Å². The maximum Gasteiger partial charge on any atom is 0.127 e. The molecule has 2 aromatic rings. The predicted octanol–water partition coefficient (Wildman–Crippen LogP) is 2.17. The quantitative estimate of drug-likeness (QED) is 0.712. The molecule has 0 saturated carbocycles. The fraction of sp³-hybridized carbons (Fsp3) is 0.167. The standard InChI is InChI=1S/C12H12N2O/c1-10(9-15)11-5-2-3-6-12(11)14-8-4-7-13-14/h2-10H,1H3. The van der Waals surface area contributed by atoms with Crippen LogP contribution in [-0.2, 0) is 4.79 Å². The number of nitrogens with zero attached hydrogens (tertiary/aromatic N) is 2. The Balaban J connectivity index is 2.52. The first-order valence-corrected chi connectivity index (χ1v) is 4.87. The van der Waals surface area contributed by atoms with Gasteiger partial charge in [-0.1, -0.05) is 25.1 Å². The van der Waals surface area contributed by atoms with Crippen LogP contribution in [0.3, 0.4) is 0 Å². The Hall–Kier alpha value is -1.90. The Morgan fingerprint density at radius 2 is 2.13 bits per heavy atom. The van der Waals surface area contributed by atoms with Gasteiger partial charge in [0.05, 0.1) is 5.69 Å². The van der Waals surface area contributed by atoms with E-state index in [0.29, 0.717) is 0 Å². The average molecular weight is 200 g/mol. The number of carbonyl (C=O) groups is 1. The van der Waals surface area contributed by atoms with Gasteiger partial charge in [-0.05, 0) is 17.7 Å². The highest BCUT2D eigenvalue weighted by Crippen LogP contribution is 2.20. The number of benzene rings is 1. The molecule has 1 unspecified atom stereocenters. The molecule has 1 aromatic carbocycles. The lowest BCUT2D eigenvalue weighted by Gasteiger charge is -2.11. The topological polar surface area (TPSA) is 34.9 Å². The molecule has 2 rings (SSSR count). The lowest BCUT2D eigenvalue weighted by atomic mass is 10.0. The second kappa shape index (κ2) is 4.09. The number of rotatable bonds is 3. The smallest absolute Gasteiger partial charge is 0.127 e. The van der Waals surface area contributed by atoms with Crippen molar-refractivity contribution in [2.45, 2.75) is 12.8 Å². The molecule has 0 amide bonds. The second-order valence-electron chi connectivity index (χ2n) is 3.43. The van der Waals surface area contributed by atoms with Crippen LogP contribution in [0.25, 0.3) is 5.69 Å². The predicted molar refractivity (Wildman–Crippen MR) is 58.0 cm³/mol. The molecular formula is C12H12N2O. The van der Waals surface area contributed by atoms with Crippen molar-refractivity contribution in [2.24, 2.45) is 0 Å². The second-order valence-corrected chi connectivity index (χ2v) is 3.43. The molecule has 0 fully saturated rings. The summed E-state index contributed by atoms with van der Waals surface area (Å²) in [7, 11) is 0. The third kappa shape index (κ3) is 1.81. The van der Waals surface area contributed by atoms with E-state index in [1.165, 1.54) is 0 Å². The van der Waals surface area contributed by atoms with Crippen LogP contribution in [0.4, 0.5) is 0 Å². The minimum absolute atomic E-state index is 0.106. The van der Waals surface area contributed by atoms with Gasteiger partial charge in [-0.25, -0.2) is 4.68 Å². The van der Waals surface area contributed by atoms with Crippen molar-refractivity contribution in [3.8, 4) is 5.69 Å². The number of para-hydroxylation sites is 1. The van der Waals surface area contributed by atoms with Gasteiger partial charge in [0.1, 0.15) is 6.29 Å². The van der Waals surface area contributed by atoms with Gasteiger partial charge in [-0.3, -0.25) is 0 Å². The summed E-state index contributed by atoms with van der Waals surface area (Å²) in [6, 6.07) is 9.65. The molecule has 0 radical (unpaired) electrons. The fourth-order valence-corrected chi connectivity index (χ4v) is 1.57. The number of hydrogen-bond donors (Lipinski definition) is 0. The molecule has 15 heavy (non-hydrogen) atoms. The van der Waals surface area contributed by atoms with Crippen LogP contribution in [0.1, 0.15) is 18.4 Å². The van der Waals surface area contributed by atoms with Crippen molar-refractivity contribution in [3.05, 3.63) is 48.3 Å². The zero-order valence-electron chi connectivity index (χ0n) is 8.50. The van der Waals surface area contributed by atoms with Gasteiger partial charge in [0.2, 0.25) is 0 Å². The Morgan fingerprint density at radius 1 is 1.33 bits per heavy atom. The van der Waals surface area contributed by atoms with E-state index >= 15 is 0 Å². The Labute approximate surface area is 88.4 Å². The molecule has 0 bridgehead atoms. The van der Waals surface area contributed by atoms with Gasteiger partial charge >= 0.3 is 0 Å². The molecule has 76 valence electrons. The first-order valence-electron chi connectivity index (χ1n) is 4.87. The summed E-state index contributed by atoms with van der Waals surface area (Å²) < 4.78 is 1.77. The molecule has 0 aliphatic rings. The highest BCUT2D eigenvalue weighted by molar-refractivity contribution is 5.64. The van der Waals surface area contributed by atoms with Crippen LogP contribution in [0, 0.1) is 0 Å². The molecule has 0 N–H and O–H groups in total. The molecule has 1 atom stereocenters. The molecule has 0 aliphatic heterocycles. The van der Waals surface area contributed by atoms with E-state index in [1.807, 2.05) is 43.5 Å². The van der Waals surface area contributed by atoms with Gasteiger partial charge in [0, 0.05) is 18.3 Å². The summed E-state index contributed by atoms with van der Waals surface area (Å²) in [5.41, 5.74) is 1.96. The minimum atomic E-state index is -0.106. The van der Waals surface area contributed by atoms with E-state index in [9.17, 15) is 4.79 Å². The fourth-order valence-electron chi connectivity index (χ4n) is 1.57. The van der Waals surface area contributed by atoms with Crippen LogP contribution in [0.2, 0.25) is 0 Å². The van der Waals surface area contributed by atoms with Crippen molar-refractivity contribution in [2.75, 3.05) is 0 Å². The van der Waals surface area contributed by atoms with Crippen LogP contribution >= 0.6 is 0 Å². The van der Waals surface area contributed by atoms with Gasteiger partial charge in [-0.15, -0.1) is 0 Å². The van der Waals surface area contributed by atoms with Crippen molar-refractivity contribution in [3.63, 3.8) is 0 Å². The van der Waals surface area contributed by atoms with Gasteiger partial charge in [0.25, 0.3) is 0 Å². The van der Waals surface area contributed by atoms with Gasteiger partial charge in [-0.2, -0.15) is 5.10 Å². The van der Waals surface area contributed by atoms with Crippen molar-refractivity contribution >= 4 is 6.29 Å². The first-order chi connectivity index (χ1) is 7.33. The van der Waals surface area contributed by atoms with Crippen molar-refractivity contribution in [1.82, 2.24) is 9.78 Å². The van der Waals surface area contributed by atoms with E-state index in [2.05, 4.69) is 5.10 Å². The van der Waals surface area contributed by atoms with Crippen LogP contribution in [0.15, 0.2) is 42.7 Å². The SMILES string of the molecule is CC(C=O)c1ccccc1-n1cccn1. The van der Waals surface area contributed by atoms with E-state index in [0.717, 1.165) is 17.5 Å². The minimum Gasteiger partial charge on any atom is -0.303 e.